The van der Waals surface area contributed by atoms with Gasteiger partial charge in [0, 0.05) is 31.5 Å². The summed E-state index contributed by atoms with van der Waals surface area (Å²) < 4.78 is 18.1. The van der Waals surface area contributed by atoms with Crippen molar-refractivity contribution in [3.05, 3.63) is 55.1 Å². The van der Waals surface area contributed by atoms with Crippen molar-refractivity contribution in [3.63, 3.8) is 0 Å². The first kappa shape index (κ1) is 19.6. The highest BCUT2D eigenvalue weighted by Crippen LogP contribution is 2.25. The predicted molar refractivity (Wildman–Crippen MR) is 102 cm³/mol. The van der Waals surface area contributed by atoms with Crippen LogP contribution in [0.3, 0.4) is 0 Å². The summed E-state index contributed by atoms with van der Waals surface area (Å²) in [5, 5.41) is 21.2. The molecule has 1 unspecified atom stereocenters. The van der Waals surface area contributed by atoms with Crippen molar-refractivity contribution >= 4 is 0 Å². The van der Waals surface area contributed by atoms with Crippen LogP contribution in [0.15, 0.2) is 55.1 Å². The molecule has 1 atom stereocenters. The number of aliphatic hydroxyl groups excluding tert-OH is 1. The number of ether oxygens (including phenoxy) is 3. The van der Waals surface area contributed by atoms with Gasteiger partial charge in [0.05, 0.1) is 7.11 Å². The molecular weight excluding hydrogens is 362 g/mol. The number of hydrogen-bond acceptors (Lipinski definition) is 8. The lowest BCUT2D eigenvalue weighted by molar-refractivity contribution is 0.102. The van der Waals surface area contributed by atoms with Crippen LogP contribution in [0.5, 0.6) is 17.4 Å². The second-order valence-corrected chi connectivity index (χ2v) is 5.87. The van der Waals surface area contributed by atoms with E-state index < -0.39 is 6.10 Å². The first-order valence-corrected chi connectivity index (χ1v) is 8.85. The van der Waals surface area contributed by atoms with E-state index in [9.17, 15) is 5.11 Å². The molecular formula is C19H23N5O4. The molecule has 0 bridgehead atoms. The highest BCUT2D eigenvalue weighted by Gasteiger charge is 2.07. The van der Waals surface area contributed by atoms with Crippen LogP contribution in [-0.4, -0.2) is 64.4 Å². The predicted octanol–water partition coefficient (Wildman–Crippen LogP) is 1.08. The summed E-state index contributed by atoms with van der Waals surface area (Å²) in [4.78, 5) is 3.96. The first-order valence-electron chi connectivity index (χ1n) is 8.85. The topological polar surface area (TPSA) is 104 Å². The molecule has 148 valence electrons. The Hall–Kier alpha value is -3.17. The van der Waals surface area contributed by atoms with Gasteiger partial charge in [-0.1, -0.05) is 12.1 Å². The second-order valence-electron chi connectivity index (χ2n) is 5.87. The molecule has 2 heterocycles. The molecule has 0 aliphatic rings. The van der Waals surface area contributed by atoms with E-state index >= 15 is 0 Å². The van der Waals surface area contributed by atoms with Crippen LogP contribution in [0.1, 0.15) is 0 Å². The quantitative estimate of drug-likeness (QED) is 0.473. The van der Waals surface area contributed by atoms with Crippen molar-refractivity contribution in [1.82, 2.24) is 25.1 Å². The molecule has 0 saturated heterocycles. The van der Waals surface area contributed by atoms with E-state index in [0.717, 1.165) is 0 Å². The summed E-state index contributed by atoms with van der Waals surface area (Å²) in [6.45, 7) is 1.51. The van der Waals surface area contributed by atoms with Crippen LogP contribution >= 0.6 is 0 Å². The van der Waals surface area contributed by atoms with Gasteiger partial charge in [-0.25, -0.2) is 4.98 Å². The Kier molecular flexibility index (Phi) is 7.16. The van der Waals surface area contributed by atoms with Crippen molar-refractivity contribution in [2.45, 2.75) is 6.10 Å². The smallest absolute Gasteiger partial charge is 0.233 e. The minimum absolute atomic E-state index is 0.111. The molecule has 0 fully saturated rings. The van der Waals surface area contributed by atoms with Crippen LogP contribution in [0.4, 0.5) is 0 Å². The number of imidazole rings is 1. The monoisotopic (exact) mass is 385 g/mol. The van der Waals surface area contributed by atoms with Gasteiger partial charge in [-0.3, -0.25) is 4.57 Å². The molecule has 0 spiro atoms. The van der Waals surface area contributed by atoms with Crippen molar-refractivity contribution in [3.8, 4) is 23.2 Å². The van der Waals surface area contributed by atoms with Crippen molar-refractivity contribution in [2.24, 2.45) is 0 Å². The summed E-state index contributed by atoms with van der Waals surface area (Å²) in [5.74, 6) is 2.37. The molecule has 0 amide bonds. The fourth-order valence-corrected chi connectivity index (χ4v) is 2.40. The molecule has 3 rings (SSSR count). The Balaban J connectivity index is 1.32. The van der Waals surface area contributed by atoms with E-state index in [1.54, 1.807) is 42.5 Å². The fourth-order valence-electron chi connectivity index (χ4n) is 2.40. The molecule has 0 radical (unpaired) electrons. The third-order valence-electron chi connectivity index (χ3n) is 3.80. The number of aliphatic hydroxyl groups is 1. The van der Waals surface area contributed by atoms with E-state index in [4.69, 9.17) is 14.2 Å². The van der Waals surface area contributed by atoms with E-state index in [0.29, 0.717) is 42.9 Å². The Bertz CT molecular complexity index is 827. The molecule has 9 nitrogen and oxygen atoms in total. The first-order chi connectivity index (χ1) is 13.8. The van der Waals surface area contributed by atoms with Crippen LogP contribution in [0.25, 0.3) is 5.82 Å². The number of nitrogens with one attached hydrogen (secondary N) is 1. The fraction of sp³-hybridized carbons (Fsp3) is 0.316. The Morgan fingerprint density at radius 3 is 2.68 bits per heavy atom. The highest BCUT2D eigenvalue weighted by atomic mass is 16.5. The number of nitrogens with zero attached hydrogens (tertiary/aromatic N) is 4. The van der Waals surface area contributed by atoms with E-state index in [2.05, 4.69) is 20.5 Å². The summed E-state index contributed by atoms with van der Waals surface area (Å²) >= 11 is 0. The van der Waals surface area contributed by atoms with Crippen molar-refractivity contribution < 1.29 is 19.3 Å². The standard InChI is InChI=1S/C19H23N5O4/c1-26-16-4-2-3-5-17(16)27-11-9-20-12-15(25)13-28-19-7-6-18(22-23-19)24-10-8-21-14-24/h2-8,10,14-15,20,25H,9,11-13H2,1H3. The van der Waals surface area contributed by atoms with Gasteiger partial charge in [0.15, 0.2) is 17.3 Å². The lowest BCUT2D eigenvalue weighted by Gasteiger charge is -2.14. The van der Waals surface area contributed by atoms with Gasteiger partial charge in [-0.2, -0.15) is 0 Å². The molecule has 2 N–H and O–H groups in total. The minimum Gasteiger partial charge on any atom is -0.493 e. The number of aromatic nitrogens is 4. The van der Waals surface area contributed by atoms with Gasteiger partial charge in [-0.15, -0.1) is 10.2 Å². The van der Waals surface area contributed by atoms with E-state index in [-0.39, 0.29) is 6.61 Å². The molecule has 0 aliphatic carbocycles. The number of para-hydroxylation sites is 2. The van der Waals surface area contributed by atoms with Crippen LogP contribution < -0.4 is 19.5 Å². The zero-order chi connectivity index (χ0) is 19.6. The number of methoxy groups -OCH3 is 1. The third-order valence-corrected chi connectivity index (χ3v) is 3.80. The van der Waals surface area contributed by atoms with Crippen LogP contribution in [0, 0.1) is 0 Å². The highest BCUT2D eigenvalue weighted by molar-refractivity contribution is 5.39. The maximum Gasteiger partial charge on any atom is 0.233 e. The Morgan fingerprint density at radius 1 is 1.11 bits per heavy atom. The number of rotatable bonds is 11. The molecule has 28 heavy (non-hydrogen) atoms. The van der Waals surface area contributed by atoms with Gasteiger partial charge in [0.2, 0.25) is 5.88 Å². The molecule has 9 heteroatoms. The SMILES string of the molecule is COc1ccccc1OCCNCC(O)COc1ccc(-n2ccnc2)nn1. The maximum absolute atomic E-state index is 10.0. The molecule has 3 aromatic rings. The molecule has 0 saturated carbocycles. The number of benzene rings is 1. The van der Waals surface area contributed by atoms with Crippen LogP contribution in [0.2, 0.25) is 0 Å². The van der Waals surface area contributed by atoms with Gasteiger partial charge >= 0.3 is 0 Å². The summed E-state index contributed by atoms with van der Waals surface area (Å²) in [7, 11) is 1.60. The van der Waals surface area contributed by atoms with Crippen molar-refractivity contribution in [1.29, 1.82) is 0 Å². The van der Waals surface area contributed by atoms with Crippen LogP contribution in [-0.2, 0) is 0 Å². The van der Waals surface area contributed by atoms with Gasteiger partial charge in [0.1, 0.15) is 25.6 Å². The maximum atomic E-state index is 10.0. The zero-order valence-corrected chi connectivity index (χ0v) is 15.6. The summed E-state index contributed by atoms with van der Waals surface area (Å²) in [6.07, 6.45) is 4.40. The average Bonchev–Trinajstić information content (AvgIpc) is 3.27. The van der Waals surface area contributed by atoms with Crippen molar-refractivity contribution in [2.75, 3.05) is 33.4 Å². The van der Waals surface area contributed by atoms with Gasteiger partial charge in [0.25, 0.3) is 0 Å². The van der Waals surface area contributed by atoms with E-state index in [1.807, 2.05) is 24.3 Å². The lowest BCUT2D eigenvalue weighted by atomic mass is 10.3. The average molecular weight is 385 g/mol. The Morgan fingerprint density at radius 2 is 1.96 bits per heavy atom. The third kappa shape index (κ3) is 5.66. The number of hydrogen-bond donors (Lipinski definition) is 2. The van der Waals surface area contributed by atoms with E-state index in [1.165, 1.54) is 0 Å². The normalized spacial score (nSPS) is 11.8. The van der Waals surface area contributed by atoms with Gasteiger partial charge < -0.3 is 24.6 Å². The Labute approximate surface area is 162 Å². The summed E-state index contributed by atoms with van der Waals surface area (Å²) in [5.41, 5.74) is 0. The second kappa shape index (κ2) is 10.2. The minimum atomic E-state index is -0.679. The lowest BCUT2D eigenvalue weighted by Crippen LogP contribution is -2.33. The molecule has 0 aliphatic heterocycles. The van der Waals surface area contributed by atoms with Gasteiger partial charge in [-0.05, 0) is 18.2 Å². The summed E-state index contributed by atoms with van der Waals surface area (Å²) in [6, 6.07) is 10.9. The molecule has 2 aromatic heterocycles. The largest absolute Gasteiger partial charge is 0.493 e. The molecule has 1 aromatic carbocycles. The zero-order valence-electron chi connectivity index (χ0n) is 15.6.